The quantitative estimate of drug-likeness (QED) is 0.872. The molecule has 1 N–H and O–H groups in total. The summed E-state index contributed by atoms with van der Waals surface area (Å²) in [5.74, 6) is 0.857. The van der Waals surface area contributed by atoms with E-state index in [0.29, 0.717) is 13.2 Å². The summed E-state index contributed by atoms with van der Waals surface area (Å²) in [5, 5.41) is 2.67. The molecule has 0 aromatic carbocycles. The summed E-state index contributed by atoms with van der Waals surface area (Å²) in [7, 11) is 0. The van der Waals surface area contributed by atoms with Gasteiger partial charge < -0.3 is 10.1 Å². The van der Waals surface area contributed by atoms with Crippen LogP contribution >= 0.6 is 0 Å². The Labute approximate surface area is 148 Å². The topological polar surface area (TPSA) is 72.3 Å². The molecule has 7 heteroatoms. The van der Waals surface area contributed by atoms with Crippen molar-refractivity contribution < 1.29 is 9.53 Å². The second kappa shape index (κ2) is 8.62. The highest BCUT2D eigenvalue weighted by Gasteiger charge is 2.23. The van der Waals surface area contributed by atoms with Crippen molar-refractivity contribution in [3.63, 3.8) is 0 Å². The Morgan fingerprint density at radius 3 is 3.04 bits per heavy atom. The number of hydrogen-bond donors (Lipinski definition) is 1. The van der Waals surface area contributed by atoms with E-state index in [9.17, 15) is 4.79 Å². The summed E-state index contributed by atoms with van der Waals surface area (Å²) in [6.45, 7) is 4.75. The number of carbonyl (C=O) groups is 1. The van der Waals surface area contributed by atoms with Gasteiger partial charge in [-0.1, -0.05) is 12.5 Å². The number of piperidine rings is 1. The van der Waals surface area contributed by atoms with Gasteiger partial charge in [0, 0.05) is 37.7 Å². The SMILES string of the molecule is CCNC(=O)OCC1CCCCN1Cc1ccc(-n2ccnc2)nc1. The Morgan fingerprint density at radius 2 is 2.32 bits per heavy atom. The number of nitrogens with one attached hydrogen (secondary N) is 1. The van der Waals surface area contributed by atoms with Crippen LogP contribution in [0, 0.1) is 0 Å². The number of pyridine rings is 1. The van der Waals surface area contributed by atoms with Gasteiger partial charge in [0.15, 0.2) is 0 Å². The number of hydrogen-bond acceptors (Lipinski definition) is 5. The number of aromatic nitrogens is 3. The molecule has 0 radical (unpaired) electrons. The molecule has 2 aromatic heterocycles. The average molecular weight is 343 g/mol. The first-order valence-electron chi connectivity index (χ1n) is 8.84. The normalized spacial score (nSPS) is 18.0. The first-order chi connectivity index (χ1) is 12.3. The Kier molecular flexibility index (Phi) is 6.00. The van der Waals surface area contributed by atoms with Gasteiger partial charge in [0.1, 0.15) is 18.8 Å². The molecule has 0 saturated carbocycles. The monoisotopic (exact) mass is 343 g/mol. The molecule has 25 heavy (non-hydrogen) atoms. The molecule has 1 aliphatic heterocycles. The first-order valence-corrected chi connectivity index (χ1v) is 8.84. The molecule has 134 valence electrons. The second-order valence-corrected chi connectivity index (χ2v) is 6.24. The van der Waals surface area contributed by atoms with Crippen LogP contribution in [0.3, 0.4) is 0 Å². The van der Waals surface area contributed by atoms with Crippen LogP contribution in [0.4, 0.5) is 4.79 Å². The molecular formula is C18H25N5O2. The van der Waals surface area contributed by atoms with Gasteiger partial charge in [-0.2, -0.15) is 0 Å². The Balaban J connectivity index is 1.58. The van der Waals surface area contributed by atoms with E-state index >= 15 is 0 Å². The van der Waals surface area contributed by atoms with Gasteiger partial charge in [-0.05, 0) is 37.9 Å². The van der Waals surface area contributed by atoms with E-state index in [0.717, 1.165) is 30.9 Å². The van der Waals surface area contributed by atoms with E-state index in [1.807, 2.05) is 30.0 Å². The van der Waals surface area contributed by atoms with Crippen molar-refractivity contribution in [1.29, 1.82) is 0 Å². The van der Waals surface area contributed by atoms with Crippen molar-refractivity contribution in [1.82, 2.24) is 24.8 Å². The van der Waals surface area contributed by atoms with E-state index in [1.165, 1.54) is 12.8 Å². The number of rotatable bonds is 6. The lowest BCUT2D eigenvalue weighted by atomic mass is 10.0. The number of ether oxygens (including phenoxy) is 1. The fourth-order valence-electron chi connectivity index (χ4n) is 3.12. The van der Waals surface area contributed by atoms with Gasteiger partial charge >= 0.3 is 6.09 Å². The maximum atomic E-state index is 11.5. The van der Waals surface area contributed by atoms with Crippen molar-refractivity contribution in [3.05, 3.63) is 42.6 Å². The summed E-state index contributed by atoms with van der Waals surface area (Å²) in [6, 6.07) is 4.37. The fraction of sp³-hybridized carbons (Fsp3) is 0.500. The van der Waals surface area contributed by atoms with Crippen LogP contribution in [-0.2, 0) is 11.3 Å². The zero-order valence-electron chi connectivity index (χ0n) is 14.6. The zero-order chi connectivity index (χ0) is 17.5. The molecular weight excluding hydrogens is 318 g/mol. The van der Waals surface area contributed by atoms with Crippen LogP contribution in [0.25, 0.3) is 5.82 Å². The highest BCUT2D eigenvalue weighted by atomic mass is 16.5. The molecule has 1 amide bonds. The number of likely N-dealkylation sites (tertiary alicyclic amines) is 1. The lowest BCUT2D eigenvalue weighted by molar-refractivity contribution is 0.0641. The molecule has 1 aliphatic rings. The summed E-state index contributed by atoms with van der Waals surface area (Å²) in [4.78, 5) is 22.5. The Hall–Kier alpha value is -2.41. The van der Waals surface area contributed by atoms with Crippen molar-refractivity contribution in [2.45, 2.75) is 38.8 Å². The standard InChI is InChI=1S/C18H25N5O2/c1-2-20-18(24)25-13-16-5-3-4-9-22(16)12-15-6-7-17(21-11-15)23-10-8-19-14-23/h6-8,10-11,14,16H,2-5,9,12-13H2,1H3,(H,20,24). The smallest absolute Gasteiger partial charge is 0.407 e. The third-order valence-electron chi connectivity index (χ3n) is 4.44. The molecule has 3 rings (SSSR count). The predicted octanol–water partition coefficient (Wildman–Crippen LogP) is 2.37. The Morgan fingerprint density at radius 1 is 1.40 bits per heavy atom. The number of imidazole rings is 1. The number of nitrogens with zero attached hydrogens (tertiary/aromatic N) is 4. The molecule has 1 atom stereocenters. The van der Waals surface area contributed by atoms with Crippen LogP contribution < -0.4 is 5.32 Å². The molecule has 0 bridgehead atoms. The third-order valence-corrected chi connectivity index (χ3v) is 4.44. The van der Waals surface area contributed by atoms with E-state index < -0.39 is 0 Å². The van der Waals surface area contributed by atoms with Gasteiger partial charge in [-0.3, -0.25) is 9.47 Å². The van der Waals surface area contributed by atoms with Crippen molar-refractivity contribution in [2.24, 2.45) is 0 Å². The number of amides is 1. The molecule has 2 aromatic rings. The van der Waals surface area contributed by atoms with E-state index in [-0.39, 0.29) is 12.1 Å². The molecule has 1 saturated heterocycles. The average Bonchev–Trinajstić information content (AvgIpc) is 3.17. The van der Waals surface area contributed by atoms with E-state index in [2.05, 4.69) is 26.3 Å². The lowest BCUT2D eigenvalue weighted by Gasteiger charge is -2.35. The minimum absolute atomic E-state index is 0.268. The summed E-state index contributed by atoms with van der Waals surface area (Å²) in [5.41, 5.74) is 1.16. The van der Waals surface area contributed by atoms with Gasteiger partial charge in [0.25, 0.3) is 0 Å². The fourth-order valence-corrected chi connectivity index (χ4v) is 3.12. The van der Waals surface area contributed by atoms with Gasteiger partial charge in [-0.15, -0.1) is 0 Å². The lowest BCUT2D eigenvalue weighted by Crippen LogP contribution is -2.43. The predicted molar refractivity (Wildman–Crippen MR) is 94.4 cm³/mol. The number of alkyl carbamates (subject to hydrolysis) is 1. The van der Waals surface area contributed by atoms with Crippen LogP contribution in [-0.4, -0.2) is 51.3 Å². The van der Waals surface area contributed by atoms with Crippen molar-refractivity contribution >= 4 is 6.09 Å². The highest BCUT2D eigenvalue weighted by molar-refractivity contribution is 5.66. The summed E-state index contributed by atoms with van der Waals surface area (Å²) in [6.07, 6.45) is 10.3. The summed E-state index contributed by atoms with van der Waals surface area (Å²) >= 11 is 0. The highest BCUT2D eigenvalue weighted by Crippen LogP contribution is 2.20. The maximum Gasteiger partial charge on any atom is 0.407 e. The molecule has 0 spiro atoms. The zero-order valence-corrected chi connectivity index (χ0v) is 14.6. The largest absolute Gasteiger partial charge is 0.448 e. The molecule has 1 fully saturated rings. The maximum absolute atomic E-state index is 11.5. The molecule has 1 unspecified atom stereocenters. The van der Waals surface area contributed by atoms with Crippen molar-refractivity contribution in [2.75, 3.05) is 19.7 Å². The first kappa shape index (κ1) is 17.4. The van der Waals surface area contributed by atoms with Crippen LogP contribution in [0.2, 0.25) is 0 Å². The van der Waals surface area contributed by atoms with Crippen LogP contribution in [0.5, 0.6) is 0 Å². The van der Waals surface area contributed by atoms with Gasteiger partial charge in [0.05, 0.1) is 0 Å². The van der Waals surface area contributed by atoms with E-state index in [4.69, 9.17) is 4.74 Å². The molecule has 3 heterocycles. The molecule has 0 aliphatic carbocycles. The number of carbonyl (C=O) groups excluding carboxylic acids is 1. The van der Waals surface area contributed by atoms with Crippen LogP contribution in [0.1, 0.15) is 31.7 Å². The Bertz CT molecular complexity index is 657. The van der Waals surface area contributed by atoms with E-state index in [1.54, 1.807) is 12.5 Å². The second-order valence-electron chi connectivity index (χ2n) is 6.24. The molecule has 7 nitrogen and oxygen atoms in total. The summed E-state index contributed by atoms with van der Waals surface area (Å²) < 4.78 is 7.22. The van der Waals surface area contributed by atoms with Gasteiger partial charge in [0.2, 0.25) is 0 Å². The third kappa shape index (κ3) is 4.79. The minimum atomic E-state index is -0.334. The minimum Gasteiger partial charge on any atom is -0.448 e. The van der Waals surface area contributed by atoms with Crippen molar-refractivity contribution in [3.8, 4) is 5.82 Å². The van der Waals surface area contributed by atoms with Gasteiger partial charge in [-0.25, -0.2) is 14.8 Å². The van der Waals surface area contributed by atoms with Crippen LogP contribution in [0.15, 0.2) is 37.1 Å².